The van der Waals surface area contributed by atoms with Gasteiger partial charge in [-0.15, -0.1) is 0 Å². The van der Waals surface area contributed by atoms with Crippen LogP contribution < -0.4 is 92.5 Å². The summed E-state index contributed by atoms with van der Waals surface area (Å²) in [5, 5.41) is 61.1. The van der Waals surface area contributed by atoms with E-state index in [1.807, 2.05) is 0 Å². The second-order valence-electron chi connectivity index (χ2n) is 23.5. The molecule has 13 atom stereocenters. The summed E-state index contributed by atoms with van der Waals surface area (Å²) >= 11 is 0. The first-order valence-corrected chi connectivity index (χ1v) is 31.9. The van der Waals surface area contributed by atoms with E-state index in [4.69, 9.17) is 33.8 Å². The minimum Gasteiger partial charge on any atom is -0.481 e. The van der Waals surface area contributed by atoms with Crippen molar-refractivity contribution in [3.63, 3.8) is 0 Å². The number of nitrogens with one attached hydrogen (secondary N) is 12. The molecule has 1 saturated heterocycles. The minimum absolute atomic E-state index is 0.0333. The van der Waals surface area contributed by atoms with E-state index < -0.39 is 175 Å². The molecule has 0 spiro atoms. The molecule has 93 heavy (non-hydrogen) atoms. The number of carbonyl (C=O) groups excluding carboxylic acids is 12. The number of nitrogens with two attached hydrogens (primary N) is 5. The van der Waals surface area contributed by atoms with Crippen molar-refractivity contribution in [2.45, 2.75) is 216 Å². The Bertz CT molecular complexity index is 2600. The summed E-state index contributed by atoms with van der Waals surface area (Å²) < 4.78 is 0. The summed E-state index contributed by atoms with van der Waals surface area (Å²) in [6.07, 6.45) is -1.49. The van der Waals surface area contributed by atoms with E-state index in [9.17, 15) is 72.5 Å². The van der Waals surface area contributed by atoms with Crippen LogP contribution >= 0.6 is 0 Å². The molecule has 0 unspecified atom stereocenters. The average Bonchev–Trinajstić information content (AvgIpc) is 1.24. The van der Waals surface area contributed by atoms with Gasteiger partial charge in [-0.1, -0.05) is 76.8 Å². The van der Waals surface area contributed by atoms with Crippen molar-refractivity contribution in [3.8, 4) is 0 Å². The van der Waals surface area contributed by atoms with E-state index in [-0.39, 0.29) is 96.4 Å². The molecule has 2 rings (SSSR count). The van der Waals surface area contributed by atoms with Crippen molar-refractivity contribution < 1.29 is 77.6 Å². The molecule has 12 amide bonds. The number of aliphatic hydroxyl groups excluding tert-OH is 2. The summed E-state index contributed by atoms with van der Waals surface area (Å²) in [4.78, 5) is 179. The molecule has 1 aromatic rings. The van der Waals surface area contributed by atoms with E-state index in [2.05, 4.69) is 70.7 Å². The highest BCUT2D eigenvalue weighted by Gasteiger charge is 2.38. The van der Waals surface area contributed by atoms with E-state index in [0.717, 1.165) is 32.6 Å². The maximum absolute atomic E-state index is 14.6. The molecule has 1 aromatic carbocycles. The highest BCUT2D eigenvalue weighted by atomic mass is 16.4. The van der Waals surface area contributed by atoms with Gasteiger partial charge >= 0.3 is 5.97 Å². The molecule has 1 aliphatic heterocycles. The van der Waals surface area contributed by atoms with Gasteiger partial charge in [0.25, 0.3) is 0 Å². The lowest BCUT2D eigenvalue weighted by atomic mass is 10.00. The predicted octanol–water partition coefficient (Wildman–Crippen LogP) is -6.14. The lowest BCUT2D eigenvalue weighted by molar-refractivity contribution is -0.137. The summed E-state index contributed by atoms with van der Waals surface area (Å²) in [6, 6.07) is -8.54. The van der Waals surface area contributed by atoms with E-state index in [0.29, 0.717) is 12.0 Å². The first-order chi connectivity index (χ1) is 44.1. The Morgan fingerprint density at radius 2 is 1.10 bits per heavy atom. The number of hydrogen-bond donors (Lipinski definition) is 20. The van der Waals surface area contributed by atoms with Gasteiger partial charge in [-0.25, -0.2) is 0 Å². The van der Waals surface area contributed by atoms with Crippen molar-refractivity contribution >= 4 is 76.9 Å². The SMILES string of the molecule is CCCCCCCC(=O)N[C@@H](CCN)C(=O)N[C@H](C(=O)N[C@@H](CCN)C(=O)N[C@H]1CCNC(=O)[C@H]([C@@H](C)O)NC(=O)[C@H](CCN)NC(=O)[C@H](CCNC(=O)[C@@H](N)CCC(=O)O)NC(=O)[C@H](CC(C)C)NC(=O)[C@@H](Cc2ccccc2)NC(=O)[C@H](CCN)NC1=O)[C@@H](C)O. The van der Waals surface area contributed by atoms with Gasteiger partial charge in [0.15, 0.2) is 0 Å². The maximum atomic E-state index is 14.6. The first-order valence-electron chi connectivity index (χ1n) is 31.9. The van der Waals surface area contributed by atoms with Crippen LogP contribution in [0, 0.1) is 5.92 Å². The molecule has 0 saturated carbocycles. The molecule has 33 nitrogen and oxygen atoms in total. The number of rotatable bonds is 34. The lowest BCUT2D eigenvalue weighted by Crippen LogP contribution is -2.62. The van der Waals surface area contributed by atoms with Crippen molar-refractivity contribution in [3.05, 3.63) is 35.9 Å². The molecular weight excluding hydrogens is 1210 g/mol. The molecule has 33 heteroatoms. The minimum atomic E-state index is -1.77. The molecule has 1 aliphatic rings. The molecule has 1 fully saturated rings. The fourth-order valence-electron chi connectivity index (χ4n) is 9.74. The van der Waals surface area contributed by atoms with Gasteiger partial charge in [-0.05, 0) is 109 Å². The zero-order valence-electron chi connectivity index (χ0n) is 54.1. The number of aliphatic carboxylic acids is 1. The van der Waals surface area contributed by atoms with Gasteiger partial charge in [0.2, 0.25) is 70.9 Å². The highest BCUT2D eigenvalue weighted by Crippen LogP contribution is 2.12. The Labute approximate surface area is 542 Å². The van der Waals surface area contributed by atoms with E-state index in [1.54, 1.807) is 44.2 Å². The highest BCUT2D eigenvalue weighted by molar-refractivity contribution is 5.99. The van der Waals surface area contributed by atoms with Crippen LogP contribution in [-0.2, 0) is 68.7 Å². The van der Waals surface area contributed by atoms with Crippen LogP contribution in [0.15, 0.2) is 30.3 Å². The Balaban J connectivity index is 2.74. The van der Waals surface area contributed by atoms with Gasteiger partial charge in [-0.3, -0.25) is 62.3 Å². The molecule has 25 N–H and O–H groups in total. The number of unbranched alkanes of at least 4 members (excludes halogenated alkanes) is 4. The number of benzene rings is 1. The Morgan fingerprint density at radius 3 is 1.65 bits per heavy atom. The first kappa shape index (κ1) is 81.1. The van der Waals surface area contributed by atoms with Gasteiger partial charge in [0.05, 0.1) is 18.2 Å². The zero-order chi connectivity index (χ0) is 69.7. The van der Waals surface area contributed by atoms with E-state index >= 15 is 0 Å². The number of hydrogen-bond acceptors (Lipinski definition) is 20. The molecule has 0 radical (unpaired) electrons. The summed E-state index contributed by atoms with van der Waals surface area (Å²) in [5.74, 6) is -12.7. The second kappa shape index (κ2) is 43.8. The third kappa shape index (κ3) is 30.6. The largest absolute Gasteiger partial charge is 0.481 e. The van der Waals surface area contributed by atoms with Crippen molar-refractivity contribution in [2.75, 3.05) is 39.3 Å². The van der Waals surface area contributed by atoms with Crippen LogP contribution in [0.5, 0.6) is 0 Å². The van der Waals surface area contributed by atoms with Crippen molar-refractivity contribution in [1.29, 1.82) is 0 Å². The average molecular weight is 1320 g/mol. The molecule has 0 aliphatic carbocycles. The fourth-order valence-corrected chi connectivity index (χ4v) is 9.74. The third-order valence-corrected chi connectivity index (χ3v) is 15.0. The molecular formula is C60H103N17O16. The smallest absolute Gasteiger partial charge is 0.303 e. The van der Waals surface area contributed by atoms with Crippen LogP contribution in [0.25, 0.3) is 0 Å². The monoisotopic (exact) mass is 1320 g/mol. The summed E-state index contributed by atoms with van der Waals surface area (Å²) in [5.41, 5.74) is 30.0. The lowest BCUT2D eigenvalue weighted by Gasteiger charge is -2.29. The topological polar surface area (TPSA) is 557 Å². The normalized spacial score (nSPS) is 21.8. The molecule has 524 valence electrons. The van der Waals surface area contributed by atoms with Gasteiger partial charge in [0.1, 0.15) is 60.4 Å². The Kier molecular flexibility index (Phi) is 38.2. The van der Waals surface area contributed by atoms with Crippen LogP contribution in [0.2, 0.25) is 0 Å². The predicted molar refractivity (Wildman–Crippen MR) is 340 cm³/mol. The summed E-state index contributed by atoms with van der Waals surface area (Å²) in [7, 11) is 0. The van der Waals surface area contributed by atoms with Crippen LogP contribution in [0.4, 0.5) is 0 Å². The van der Waals surface area contributed by atoms with Crippen LogP contribution in [-0.4, -0.2) is 210 Å². The number of carbonyl (C=O) groups is 13. The Hall–Kier alpha value is -7.95. The van der Waals surface area contributed by atoms with Crippen molar-refractivity contribution in [2.24, 2.45) is 34.6 Å². The second-order valence-corrected chi connectivity index (χ2v) is 23.5. The van der Waals surface area contributed by atoms with Crippen molar-refractivity contribution in [1.82, 2.24) is 63.8 Å². The van der Waals surface area contributed by atoms with Crippen LogP contribution in [0.1, 0.15) is 136 Å². The third-order valence-electron chi connectivity index (χ3n) is 15.0. The van der Waals surface area contributed by atoms with Gasteiger partial charge in [-0.2, -0.15) is 0 Å². The number of aliphatic hydroxyl groups is 2. The number of amides is 12. The fraction of sp³-hybridized carbons (Fsp3) is 0.683. The Morgan fingerprint density at radius 1 is 0.570 bits per heavy atom. The molecule has 1 heterocycles. The summed E-state index contributed by atoms with van der Waals surface area (Å²) in [6.45, 7) is 6.24. The molecule has 0 aromatic heterocycles. The van der Waals surface area contributed by atoms with E-state index in [1.165, 1.54) is 6.92 Å². The number of carboxylic acids is 1. The molecule has 0 bridgehead atoms. The standard InChI is InChI=1S/C60H103N17O16/c1-6-7-8-9-13-16-46(80)68-38(19-25-61)55(88)77-49(35(5)79)60(93)73-40(21-27-63)51(84)71-42-24-30-67-59(92)48(34(4)78)76-56(89)41(22-28-64)70-54(87)43(23-29-66-50(83)37(65)17-18-47(81)82)72-57(90)44(31-33(2)3)74-58(91)45(32-36-14-11-10-12-15-36)75-52(85)39(20-26-62)69-53(42)86/h10-12,14-15,33-35,37-45,48-49,78-79H,6-9,13,16-32,61-65H2,1-5H3,(H,66,83)(H,67,92)(H,68,80)(H,69,86)(H,70,87)(H,71,84)(H,72,90)(H,73,93)(H,74,91)(H,75,85)(H,76,89)(H,77,88)(H,81,82)/t34-,35-,37+,38+,39+,40+,41+,42+,43+,44+,45-,48+,49+/m1/s1. The van der Waals surface area contributed by atoms with Gasteiger partial charge < -0.3 is 108 Å². The zero-order valence-corrected chi connectivity index (χ0v) is 54.1. The van der Waals surface area contributed by atoms with Crippen LogP contribution in [0.3, 0.4) is 0 Å². The quantitative estimate of drug-likeness (QED) is 0.0286. The maximum Gasteiger partial charge on any atom is 0.303 e. The number of carboxylic acid groups (broad SMARTS) is 1. The van der Waals surface area contributed by atoms with Gasteiger partial charge in [0, 0.05) is 32.4 Å².